The van der Waals surface area contributed by atoms with Gasteiger partial charge in [-0.3, -0.25) is 0 Å². The molecule has 0 saturated carbocycles. The fourth-order valence-electron chi connectivity index (χ4n) is 2.05. The molecular weight excluding hydrogens is 264 g/mol. The summed E-state index contributed by atoms with van der Waals surface area (Å²) in [6.45, 7) is 1.13. The highest BCUT2D eigenvalue weighted by molar-refractivity contribution is 5.30. The van der Waals surface area contributed by atoms with E-state index in [1.807, 2.05) is 32.0 Å². The molecule has 1 N–H and O–H groups in total. The highest BCUT2D eigenvalue weighted by atomic mass is 19.3. The van der Waals surface area contributed by atoms with Gasteiger partial charge in [0.25, 0.3) is 0 Å². The van der Waals surface area contributed by atoms with Gasteiger partial charge in [-0.05, 0) is 43.7 Å². The van der Waals surface area contributed by atoms with E-state index in [0.717, 1.165) is 11.3 Å². The van der Waals surface area contributed by atoms with Gasteiger partial charge in [0.15, 0.2) is 0 Å². The van der Waals surface area contributed by atoms with Crippen LogP contribution >= 0.6 is 0 Å². The monoisotopic (exact) mass is 281 g/mol. The van der Waals surface area contributed by atoms with E-state index < -0.39 is 6.61 Å². The van der Waals surface area contributed by atoms with Crippen LogP contribution in [0.4, 0.5) is 8.78 Å². The summed E-state index contributed by atoms with van der Waals surface area (Å²) in [5.74, 6) is 0.994. The van der Waals surface area contributed by atoms with Gasteiger partial charge in [0, 0.05) is 6.04 Å². The van der Waals surface area contributed by atoms with Gasteiger partial charge < -0.3 is 14.5 Å². The third kappa shape index (κ3) is 3.81. The first-order chi connectivity index (χ1) is 9.56. The van der Waals surface area contributed by atoms with Gasteiger partial charge in [0.2, 0.25) is 0 Å². The van der Waals surface area contributed by atoms with Crippen molar-refractivity contribution in [1.29, 1.82) is 0 Å². The smallest absolute Gasteiger partial charge is 0.387 e. The van der Waals surface area contributed by atoms with Crippen molar-refractivity contribution < 1.29 is 17.9 Å². The third-order valence-corrected chi connectivity index (χ3v) is 3.05. The number of rotatable bonds is 6. The van der Waals surface area contributed by atoms with Crippen molar-refractivity contribution in [3.05, 3.63) is 54.0 Å². The second-order valence-electron chi connectivity index (χ2n) is 4.58. The van der Waals surface area contributed by atoms with E-state index in [2.05, 4.69) is 10.1 Å². The Bertz CT molecular complexity index is 528. The fourth-order valence-corrected chi connectivity index (χ4v) is 2.05. The Morgan fingerprint density at radius 1 is 1.10 bits per heavy atom. The van der Waals surface area contributed by atoms with E-state index in [1.165, 1.54) is 6.07 Å². The number of furan rings is 1. The lowest BCUT2D eigenvalue weighted by atomic mass is 10.1. The average molecular weight is 281 g/mol. The summed E-state index contributed by atoms with van der Waals surface area (Å²) < 4.78 is 34.1. The van der Waals surface area contributed by atoms with Crippen LogP contribution in [0.5, 0.6) is 5.75 Å². The minimum Gasteiger partial charge on any atom is -0.468 e. The number of benzene rings is 1. The van der Waals surface area contributed by atoms with Gasteiger partial charge in [-0.15, -0.1) is 0 Å². The van der Waals surface area contributed by atoms with Crippen LogP contribution in [0, 0.1) is 0 Å². The van der Waals surface area contributed by atoms with Crippen molar-refractivity contribution in [2.75, 3.05) is 0 Å². The lowest BCUT2D eigenvalue weighted by Gasteiger charge is -2.19. The SMILES string of the molecule is CC(N[C@H](C)c1ccco1)c1cccc(OC(F)F)c1. The van der Waals surface area contributed by atoms with Gasteiger partial charge in [0.1, 0.15) is 11.5 Å². The number of alkyl halides is 2. The summed E-state index contributed by atoms with van der Waals surface area (Å²) in [5, 5.41) is 3.34. The lowest BCUT2D eigenvalue weighted by Crippen LogP contribution is -2.22. The van der Waals surface area contributed by atoms with Gasteiger partial charge in [-0.1, -0.05) is 12.1 Å². The van der Waals surface area contributed by atoms with Crippen LogP contribution in [0.2, 0.25) is 0 Å². The fraction of sp³-hybridized carbons (Fsp3) is 0.333. The van der Waals surface area contributed by atoms with Crippen LogP contribution in [0.1, 0.15) is 37.3 Å². The molecule has 5 heteroatoms. The van der Waals surface area contributed by atoms with Crippen molar-refractivity contribution in [2.24, 2.45) is 0 Å². The maximum atomic E-state index is 12.2. The summed E-state index contributed by atoms with van der Waals surface area (Å²) in [6.07, 6.45) is 1.62. The molecule has 0 aliphatic carbocycles. The highest BCUT2D eigenvalue weighted by Crippen LogP contribution is 2.23. The molecule has 20 heavy (non-hydrogen) atoms. The summed E-state index contributed by atoms with van der Waals surface area (Å²) >= 11 is 0. The maximum absolute atomic E-state index is 12.2. The molecule has 0 bridgehead atoms. The van der Waals surface area contributed by atoms with Crippen molar-refractivity contribution in [3.63, 3.8) is 0 Å². The molecule has 2 aromatic rings. The maximum Gasteiger partial charge on any atom is 0.387 e. The van der Waals surface area contributed by atoms with Crippen LogP contribution in [0.15, 0.2) is 47.1 Å². The van der Waals surface area contributed by atoms with Gasteiger partial charge in [-0.2, -0.15) is 8.78 Å². The summed E-state index contributed by atoms with van der Waals surface area (Å²) in [5.41, 5.74) is 0.876. The first-order valence-electron chi connectivity index (χ1n) is 6.40. The molecule has 1 aromatic heterocycles. The molecule has 0 amide bonds. The predicted molar refractivity (Wildman–Crippen MR) is 71.7 cm³/mol. The van der Waals surface area contributed by atoms with E-state index in [4.69, 9.17) is 4.42 Å². The Morgan fingerprint density at radius 3 is 2.55 bits per heavy atom. The van der Waals surface area contributed by atoms with Gasteiger partial charge in [0.05, 0.1) is 12.3 Å². The van der Waals surface area contributed by atoms with Crippen molar-refractivity contribution in [1.82, 2.24) is 5.32 Å². The zero-order valence-electron chi connectivity index (χ0n) is 11.3. The van der Waals surface area contributed by atoms with Crippen molar-refractivity contribution >= 4 is 0 Å². The summed E-state index contributed by atoms with van der Waals surface area (Å²) in [7, 11) is 0. The van der Waals surface area contributed by atoms with E-state index >= 15 is 0 Å². The molecule has 1 unspecified atom stereocenters. The molecule has 0 saturated heterocycles. The molecule has 1 aromatic carbocycles. The van der Waals surface area contributed by atoms with Gasteiger partial charge in [-0.25, -0.2) is 0 Å². The second-order valence-corrected chi connectivity index (χ2v) is 4.58. The molecule has 0 spiro atoms. The van der Waals surface area contributed by atoms with Crippen LogP contribution in [-0.2, 0) is 0 Å². The average Bonchev–Trinajstić information content (AvgIpc) is 2.92. The van der Waals surface area contributed by atoms with Crippen molar-refractivity contribution in [2.45, 2.75) is 32.5 Å². The lowest BCUT2D eigenvalue weighted by molar-refractivity contribution is -0.0499. The Morgan fingerprint density at radius 2 is 1.90 bits per heavy atom. The molecule has 0 radical (unpaired) electrons. The van der Waals surface area contributed by atoms with Gasteiger partial charge >= 0.3 is 6.61 Å². The Balaban J connectivity index is 2.03. The minimum atomic E-state index is -2.81. The van der Waals surface area contributed by atoms with E-state index in [-0.39, 0.29) is 17.8 Å². The van der Waals surface area contributed by atoms with Crippen LogP contribution in [0.25, 0.3) is 0 Å². The summed E-state index contributed by atoms with van der Waals surface area (Å²) in [4.78, 5) is 0. The van der Waals surface area contributed by atoms with Crippen LogP contribution < -0.4 is 10.1 Å². The number of halogens is 2. The molecule has 108 valence electrons. The van der Waals surface area contributed by atoms with E-state index in [1.54, 1.807) is 18.4 Å². The molecule has 0 aliphatic heterocycles. The topological polar surface area (TPSA) is 34.4 Å². The quantitative estimate of drug-likeness (QED) is 0.857. The van der Waals surface area contributed by atoms with Crippen LogP contribution in [-0.4, -0.2) is 6.61 Å². The largest absolute Gasteiger partial charge is 0.468 e. The Kier molecular flexibility index (Phi) is 4.74. The summed E-state index contributed by atoms with van der Waals surface area (Å²) in [6, 6.07) is 10.4. The van der Waals surface area contributed by atoms with Crippen LogP contribution in [0.3, 0.4) is 0 Å². The highest BCUT2D eigenvalue weighted by Gasteiger charge is 2.14. The minimum absolute atomic E-state index is 0.0173. The number of ether oxygens (including phenoxy) is 1. The third-order valence-electron chi connectivity index (χ3n) is 3.05. The first-order valence-corrected chi connectivity index (χ1v) is 6.40. The van der Waals surface area contributed by atoms with E-state index in [0.29, 0.717) is 0 Å². The first kappa shape index (κ1) is 14.5. The molecule has 1 heterocycles. The molecule has 0 fully saturated rings. The molecule has 2 rings (SSSR count). The normalized spacial score (nSPS) is 14.2. The predicted octanol–water partition coefficient (Wildman–Crippen LogP) is 4.29. The Labute approximate surface area is 116 Å². The molecule has 2 atom stereocenters. The number of hydrogen-bond donors (Lipinski definition) is 1. The zero-order valence-corrected chi connectivity index (χ0v) is 11.3. The molecule has 0 aliphatic rings. The standard InChI is InChI=1S/C15H17F2NO2/c1-10(18-11(2)14-7-4-8-19-14)12-5-3-6-13(9-12)20-15(16)17/h3-11,15,18H,1-2H3/t10?,11-/m1/s1. The zero-order chi connectivity index (χ0) is 14.5. The molecular formula is C15H17F2NO2. The second kappa shape index (κ2) is 6.52. The number of hydrogen-bond acceptors (Lipinski definition) is 3. The number of nitrogens with one attached hydrogen (secondary N) is 1. The van der Waals surface area contributed by atoms with E-state index in [9.17, 15) is 8.78 Å². The van der Waals surface area contributed by atoms with Crippen molar-refractivity contribution in [3.8, 4) is 5.75 Å². The molecule has 3 nitrogen and oxygen atoms in total. The Hall–Kier alpha value is -1.88.